The van der Waals surface area contributed by atoms with E-state index >= 15 is 0 Å². The van der Waals surface area contributed by atoms with Gasteiger partial charge in [-0.25, -0.2) is 0 Å². The maximum Gasteiger partial charge on any atom is 0.0207 e. The Kier molecular flexibility index (Phi) is 5.76. The Morgan fingerprint density at radius 3 is 1.18 bits per heavy atom. The molecule has 0 saturated carbocycles. The summed E-state index contributed by atoms with van der Waals surface area (Å²) in [4.78, 5) is 5.10. The summed E-state index contributed by atoms with van der Waals surface area (Å²) in [5.41, 5.74) is 0. The van der Waals surface area contributed by atoms with Gasteiger partial charge >= 0.3 is 0 Å². The standard InChI is InChI=1S/C38H24S2/c1-3-9-29-23-31(19-15-25(29)7-1)39-35-13-5-11-27-17-22-34-33(37(27)35)21-18-28-12-6-14-36(38(28)34)40-32-20-16-26-8-2-4-10-30(26)24-32/h1-24H. The third-order valence-corrected chi connectivity index (χ3v) is 9.80. The van der Waals surface area contributed by atoms with Crippen LogP contribution >= 0.6 is 23.5 Å². The van der Waals surface area contributed by atoms with Crippen molar-refractivity contribution < 1.29 is 0 Å². The lowest BCUT2D eigenvalue weighted by Crippen LogP contribution is -1.86. The Labute approximate surface area is 241 Å². The van der Waals surface area contributed by atoms with Crippen LogP contribution in [-0.4, -0.2) is 0 Å². The lowest BCUT2D eigenvalue weighted by atomic mass is 9.97. The molecule has 0 fully saturated rings. The Morgan fingerprint density at radius 2 is 0.700 bits per heavy atom. The Bertz CT molecular complexity index is 2070. The monoisotopic (exact) mass is 544 g/mol. The first kappa shape index (κ1) is 23.6. The molecule has 8 aromatic rings. The van der Waals surface area contributed by atoms with Crippen molar-refractivity contribution in [1.29, 1.82) is 0 Å². The summed E-state index contributed by atoms with van der Waals surface area (Å²) in [7, 11) is 0. The predicted molar refractivity (Wildman–Crippen MR) is 175 cm³/mol. The van der Waals surface area contributed by atoms with Gasteiger partial charge in [0.1, 0.15) is 0 Å². The highest BCUT2D eigenvalue weighted by Crippen LogP contribution is 2.43. The van der Waals surface area contributed by atoms with E-state index in [1.165, 1.54) is 73.4 Å². The molecular weight excluding hydrogens is 521 g/mol. The molecule has 0 spiro atoms. The Hall–Kier alpha value is -4.24. The number of fused-ring (bicyclic) bond motifs is 7. The second-order valence-electron chi connectivity index (χ2n) is 10.2. The summed E-state index contributed by atoms with van der Waals surface area (Å²) in [6, 6.07) is 53.3. The molecule has 40 heavy (non-hydrogen) atoms. The molecule has 0 bridgehead atoms. The van der Waals surface area contributed by atoms with E-state index in [0.29, 0.717) is 0 Å². The third-order valence-electron chi connectivity index (χ3n) is 7.70. The highest BCUT2D eigenvalue weighted by atomic mass is 32.2. The van der Waals surface area contributed by atoms with Crippen molar-refractivity contribution in [2.24, 2.45) is 0 Å². The van der Waals surface area contributed by atoms with Crippen LogP contribution in [0.1, 0.15) is 0 Å². The summed E-state index contributed by atoms with van der Waals surface area (Å²) >= 11 is 3.71. The fourth-order valence-corrected chi connectivity index (χ4v) is 7.90. The zero-order valence-electron chi connectivity index (χ0n) is 21.7. The lowest BCUT2D eigenvalue weighted by molar-refractivity contribution is 1.47. The molecule has 0 amide bonds. The fourth-order valence-electron chi connectivity index (χ4n) is 5.80. The fraction of sp³-hybridized carbons (Fsp3) is 0. The second kappa shape index (κ2) is 9.75. The van der Waals surface area contributed by atoms with Crippen LogP contribution in [0.2, 0.25) is 0 Å². The van der Waals surface area contributed by atoms with Crippen LogP contribution in [0.3, 0.4) is 0 Å². The molecule has 0 heterocycles. The number of hydrogen-bond donors (Lipinski definition) is 0. The molecule has 0 radical (unpaired) electrons. The van der Waals surface area contributed by atoms with Crippen molar-refractivity contribution >= 4 is 77.4 Å². The van der Waals surface area contributed by atoms with Crippen molar-refractivity contribution in [2.75, 3.05) is 0 Å². The minimum atomic E-state index is 1.26. The zero-order chi connectivity index (χ0) is 26.5. The van der Waals surface area contributed by atoms with Gasteiger partial charge in [-0.2, -0.15) is 0 Å². The van der Waals surface area contributed by atoms with Crippen LogP contribution in [-0.2, 0) is 0 Å². The SMILES string of the molecule is c1ccc2cc(Sc3cccc4ccc5c(ccc6cccc(Sc7ccc8ccccc8c7)c65)c34)ccc2c1. The van der Waals surface area contributed by atoms with Gasteiger partial charge in [0.2, 0.25) is 0 Å². The number of hydrogen-bond acceptors (Lipinski definition) is 2. The van der Waals surface area contributed by atoms with Gasteiger partial charge in [-0.1, -0.05) is 133 Å². The molecule has 0 unspecified atom stereocenters. The van der Waals surface area contributed by atoms with Crippen molar-refractivity contribution in [3.05, 3.63) is 146 Å². The van der Waals surface area contributed by atoms with E-state index in [-0.39, 0.29) is 0 Å². The summed E-state index contributed by atoms with van der Waals surface area (Å²) < 4.78 is 0. The zero-order valence-corrected chi connectivity index (χ0v) is 23.3. The van der Waals surface area contributed by atoms with Crippen LogP contribution in [0.15, 0.2) is 165 Å². The van der Waals surface area contributed by atoms with Crippen LogP contribution in [0.25, 0.3) is 53.9 Å². The van der Waals surface area contributed by atoms with Crippen molar-refractivity contribution in [1.82, 2.24) is 0 Å². The third kappa shape index (κ3) is 4.12. The largest absolute Gasteiger partial charge is 0.0894 e. The first-order chi connectivity index (χ1) is 19.8. The van der Waals surface area contributed by atoms with Crippen molar-refractivity contribution in [2.45, 2.75) is 19.6 Å². The van der Waals surface area contributed by atoms with Gasteiger partial charge < -0.3 is 0 Å². The van der Waals surface area contributed by atoms with Crippen LogP contribution in [0.5, 0.6) is 0 Å². The minimum Gasteiger partial charge on any atom is -0.0894 e. The second-order valence-corrected chi connectivity index (χ2v) is 12.4. The molecule has 8 aromatic carbocycles. The number of rotatable bonds is 4. The van der Waals surface area contributed by atoms with Gasteiger partial charge in [0, 0.05) is 30.4 Å². The molecule has 0 nitrogen and oxygen atoms in total. The van der Waals surface area contributed by atoms with Gasteiger partial charge in [-0.15, -0.1) is 0 Å². The lowest BCUT2D eigenvalue weighted by Gasteiger charge is -2.14. The van der Waals surface area contributed by atoms with Crippen LogP contribution < -0.4 is 0 Å². The summed E-state index contributed by atoms with van der Waals surface area (Å²) in [5, 5.41) is 12.9. The highest BCUT2D eigenvalue weighted by Gasteiger charge is 2.13. The van der Waals surface area contributed by atoms with Gasteiger partial charge in [-0.3, -0.25) is 0 Å². The predicted octanol–water partition coefficient (Wildman–Crippen LogP) is 11.8. The van der Waals surface area contributed by atoms with E-state index in [9.17, 15) is 0 Å². The van der Waals surface area contributed by atoms with E-state index in [1.54, 1.807) is 0 Å². The molecular formula is C38H24S2. The number of benzene rings is 8. The van der Waals surface area contributed by atoms with Crippen LogP contribution in [0.4, 0.5) is 0 Å². The Balaban J connectivity index is 1.29. The average molecular weight is 545 g/mol. The smallest absolute Gasteiger partial charge is 0.0207 e. The molecule has 0 saturated heterocycles. The summed E-state index contributed by atoms with van der Waals surface area (Å²) in [6.07, 6.45) is 0. The normalized spacial score (nSPS) is 11.7. The molecule has 0 atom stereocenters. The first-order valence-corrected chi connectivity index (χ1v) is 15.1. The highest BCUT2D eigenvalue weighted by molar-refractivity contribution is 7.99. The van der Waals surface area contributed by atoms with Crippen molar-refractivity contribution in [3.8, 4) is 0 Å². The van der Waals surface area contributed by atoms with Gasteiger partial charge in [-0.05, 0) is 79.5 Å². The maximum atomic E-state index is 2.31. The molecule has 188 valence electrons. The molecule has 2 heteroatoms. The van der Waals surface area contributed by atoms with E-state index in [1.807, 2.05) is 23.5 Å². The summed E-state index contributed by atoms with van der Waals surface area (Å²) in [5.74, 6) is 0. The average Bonchev–Trinajstić information content (AvgIpc) is 3.01. The Morgan fingerprint density at radius 1 is 0.300 bits per heavy atom. The van der Waals surface area contributed by atoms with E-state index < -0.39 is 0 Å². The molecule has 8 rings (SSSR count). The van der Waals surface area contributed by atoms with E-state index in [0.717, 1.165) is 0 Å². The molecule has 0 aliphatic heterocycles. The van der Waals surface area contributed by atoms with E-state index in [4.69, 9.17) is 0 Å². The maximum absolute atomic E-state index is 2.31. The van der Waals surface area contributed by atoms with E-state index in [2.05, 4.69) is 146 Å². The molecule has 0 aliphatic rings. The first-order valence-electron chi connectivity index (χ1n) is 13.5. The topological polar surface area (TPSA) is 0 Å². The van der Waals surface area contributed by atoms with Gasteiger partial charge in [0.25, 0.3) is 0 Å². The quantitative estimate of drug-likeness (QED) is 0.202. The molecule has 0 N–H and O–H groups in total. The molecule has 0 aromatic heterocycles. The van der Waals surface area contributed by atoms with Gasteiger partial charge in [0.05, 0.1) is 0 Å². The summed E-state index contributed by atoms with van der Waals surface area (Å²) in [6.45, 7) is 0. The van der Waals surface area contributed by atoms with Crippen molar-refractivity contribution in [3.63, 3.8) is 0 Å². The van der Waals surface area contributed by atoms with Gasteiger partial charge in [0.15, 0.2) is 0 Å². The minimum absolute atomic E-state index is 1.26. The van der Waals surface area contributed by atoms with Crippen LogP contribution in [0, 0.1) is 0 Å². The molecule has 0 aliphatic carbocycles.